The van der Waals surface area contributed by atoms with E-state index in [1.165, 1.54) is 7.11 Å². The molecule has 0 aliphatic carbocycles. The molecule has 3 aromatic rings. The van der Waals surface area contributed by atoms with Gasteiger partial charge in [-0.25, -0.2) is 9.78 Å². The van der Waals surface area contributed by atoms with E-state index in [0.717, 1.165) is 11.1 Å². The summed E-state index contributed by atoms with van der Waals surface area (Å²) in [7, 11) is 1.32. The van der Waals surface area contributed by atoms with Crippen molar-refractivity contribution in [2.75, 3.05) is 13.7 Å². The number of nitrogens with one attached hydrogen (secondary N) is 1. The van der Waals surface area contributed by atoms with Gasteiger partial charge in [0.05, 0.1) is 12.7 Å². The molecule has 35 heavy (non-hydrogen) atoms. The van der Waals surface area contributed by atoms with E-state index in [-0.39, 0.29) is 30.5 Å². The van der Waals surface area contributed by atoms with E-state index in [1.807, 2.05) is 41.0 Å². The molecule has 1 atom stereocenters. The van der Waals surface area contributed by atoms with Gasteiger partial charge in [-0.15, -0.1) is 12.3 Å². The summed E-state index contributed by atoms with van der Waals surface area (Å²) in [5, 5.41) is 2.86. The lowest BCUT2D eigenvalue weighted by Crippen LogP contribution is -2.42. The summed E-state index contributed by atoms with van der Waals surface area (Å²) in [5.74, 6) is 2.34. The van der Waals surface area contributed by atoms with Gasteiger partial charge in [-0.05, 0) is 23.3 Å². The van der Waals surface area contributed by atoms with Crippen molar-refractivity contribution in [2.24, 2.45) is 0 Å². The molecule has 2 amide bonds. The number of ether oxygens (including phenoxy) is 1. The van der Waals surface area contributed by atoms with Gasteiger partial charge in [-0.2, -0.15) is 0 Å². The van der Waals surface area contributed by atoms with E-state index in [0.29, 0.717) is 30.9 Å². The zero-order valence-electron chi connectivity index (χ0n) is 19.4. The molecule has 2 heterocycles. The monoisotopic (exact) mass is 470 g/mol. The van der Waals surface area contributed by atoms with Crippen LogP contribution in [0.5, 0.6) is 0 Å². The zero-order chi connectivity index (χ0) is 24.8. The first kappa shape index (κ1) is 23.8. The fourth-order valence-electron chi connectivity index (χ4n) is 4.18. The van der Waals surface area contributed by atoms with Gasteiger partial charge >= 0.3 is 5.97 Å². The number of nitrogens with zero attached hydrogens (tertiary/aromatic N) is 3. The van der Waals surface area contributed by atoms with E-state index in [2.05, 4.69) is 16.2 Å². The number of benzene rings is 2. The second kappa shape index (κ2) is 10.7. The molecule has 0 spiro atoms. The Morgan fingerprint density at radius 2 is 1.94 bits per heavy atom. The van der Waals surface area contributed by atoms with Crippen molar-refractivity contribution in [3.8, 4) is 12.3 Å². The van der Waals surface area contributed by atoms with Gasteiger partial charge in [0.1, 0.15) is 17.6 Å². The second-order valence-electron chi connectivity index (χ2n) is 8.16. The third kappa shape index (κ3) is 5.25. The Morgan fingerprint density at radius 1 is 1.14 bits per heavy atom. The van der Waals surface area contributed by atoms with Crippen LogP contribution < -0.4 is 5.32 Å². The van der Waals surface area contributed by atoms with Crippen molar-refractivity contribution in [2.45, 2.75) is 32.0 Å². The molecule has 178 valence electrons. The highest BCUT2D eigenvalue weighted by Gasteiger charge is 2.34. The first-order valence-electron chi connectivity index (χ1n) is 11.3. The summed E-state index contributed by atoms with van der Waals surface area (Å²) in [6.45, 7) is 1.25. The molecular formula is C27H26N4O4. The number of fused-ring (bicyclic) bond motifs is 1. The predicted octanol–water partition coefficient (Wildman–Crippen LogP) is 2.94. The van der Waals surface area contributed by atoms with Crippen molar-refractivity contribution in [3.05, 3.63) is 89.0 Å². The molecule has 1 aliphatic rings. The number of carbonyl (C=O) groups is 3. The van der Waals surface area contributed by atoms with Crippen LogP contribution >= 0.6 is 0 Å². The summed E-state index contributed by atoms with van der Waals surface area (Å²) in [5.41, 5.74) is 2.36. The van der Waals surface area contributed by atoms with Gasteiger partial charge in [-0.1, -0.05) is 42.5 Å². The molecule has 0 bridgehead atoms. The Balaban J connectivity index is 1.55. The van der Waals surface area contributed by atoms with Gasteiger partial charge in [0, 0.05) is 38.7 Å². The molecule has 1 aliphatic heterocycles. The van der Waals surface area contributed by atoms with Crippen LogP contribution in [0.3, 0.4) is 0 Å². The Kier molecular flexibility index (Phi) is 7.27. The van der Waals surface area contributed by atoms with Crippen LogP contribution in [-0.2, 0) is 22.6 Å². The van der Waals surface area contributed by atoms with Gasteiger partial charge < -0.3 is 19.5 Å². The van der Waals surface area contributed by atoms with Crippen LogP contribution in [0.25, 0.3) is 0 Å². The van der Waals surface area contributed by atoms with Gasteiger partial charge in [0.2, 0.25) is 5.91 Å². The molecule has 0 radical (unpaired) electrons. The molecule has 0 saturated heterocycles. The topological polar surface area (TPSA) is 93.5 Å². The Morgan fingerprint density at radius 3 is 2.69 bits per heavy atom. The minimum Gasteiger partial charge on any atom is -0.465 e. The smallest absolute Gasteiger partial charge is 0.337 e. The van der Waals surface area contributed by atoms with Gasteiger partial charge in [-0.3, -0.25) is 9.59 Å². The highest BCUT2D eigenvalue weighted by Crippen LogP contribution is 2.32. The van der Waals surface area contributed by atoms with Crippen molar-refractivity contribution >= 4 is 17.8 Å². The lowest BCUT2D eigenvalue weighted by atomic mass is 10.0. The molecule has 1 N–H and O–H groups in total. The van der Waals surface area contributed by atoms with E-state index in [4.69, 9.17) is 11.2 Å². The maximum atomic E-state index is 12.9. The number of hydrogen-bond donors (Lipinski definition) is 1. The lowest BCUT2D eigenvalue weighted by Gasteiger charge is -2.36. The molecule has 0 saturated carbocycles. The number of rotatable bonds is 7. The molecule has 0 fully saturated rings. The van der Waals surface area contributed by atoms with Crippen molar-refractivity contribution in [1.29, 1.82) is 0 Å². The van der Waals surface area contributed by atoms with Crippen LogP contribution in [0.1, 0.15) is 56.7 Å². The van der Waals surface area contributed by atoms with Crippen LogP contribution in [-0.4, -0.2) is 45.9 Å². The van der Waals surface area contributed by atoms with Crippen molar-refractivity contribution in [1.82, 2.24) is 19.8 Å². The van der Waals surface area contributed by atoms with E-state index in [9.17, 15) is 14.4 Å². The number of hydrogen-bond acceptors (Lipinski definition) is 5. The molecule has 8 nitrogen and oxygen atoms in total. The lowest BCUT2D eigenvalue weighted by molar-refractivity contribution is -0.133. The fourth-order valence-corrected chi connectivity index (χ4v) is 4.18. The summed E-state index contributed by atoms with van der Waals surface area (Å²) in [4.78, 5) is 44.0. The maximum absolute atomic E-state index is 12.9. The Labute approximate surface area is 203 Å². The first-order valence-corrected chi connectivity index (χ1v) is 11.3. The second-order valence-corrected chi connectivity index (χ2v) is 8.16. The third-order valence-corrected chi connectivity index (χ3v) is 5.90. The minimum atomic E-state index is -0.437. The molecule has 1 aromatic heterocycles. The van der Waals surface area contributed by atoms with Crippen molar-refractivity contribution in [3.63, 3.8) is 0 Å². The van der Waals surface area contributed by atoms with E-state index in [1.54, 1.807) is 29.3 Å². The molecule has 4 rings (SSSR count). The fraction of sp³-hybridized carbons (Fsp3) is 0.259. The van der Waals surface area contributed by atoms with Gasteiger partial charge in [0.25, 0.3) is 5.91 Å². The summed E-state index contributed by atoms with van der Waals surface area (Å²) < 4.78 is 6.68. The highest BCUT2D eigenvalue weighted by atomic mass is 16.5. The number of imidazole rings is 1. The molecular weight excluding hydrogens is 444 g/mol. The number of amides is 2. The van der Waals surface area contributed by atoms with Crippen LogP contribution in [0.15, 0.2) is 60.8 Å². The molecule has 8 heteroatoms. The van der Waals surface area contributed by atoms with E-state index < -0.39 is 12.0 Å². The first-order chi connectivity index (χ1) is 17.0. The number of methoxy groups -OCH3 is 1. The largest absolute Gasteiger partial charge is 0.465 e. The summed E-state index contributed by atoms with van der Waals surface area (Å²) in [6.07, 6.45) is 7.71. The minimum absolute atomic E-state index is 0.0393. The predicted molar refractivity (Wildman–Crippen MR) is 129 cm³/mol. The highest BCUT2D eigenvalue weighted by molar-refractivity contribution is 5.92. The van der Waals surface area contributed by atoms with E-state index >= 15 is 0 Å². The zero-order valence-corrected chi connectivity index (χ0v) is 19.4. The Bertz CT molecular complexity index is 1280. The van der Waals surface area contributed by atoms with Crippen LogP contribution in [0, 0.1) is 12.3 Å². The summed E-state index contributed by atoms with van der Waals surface area (Å²) in [6, 6.07) is 16.1. The van der Waals surface area contributed by atoms with Crippen LogP contribution in [0.4, 0.5) is 0 Å². The Hall–Kier alpha value is -4.38. The average molecular weight is 471 g/mol. The number of aromatic nitrogens is 2. The quantitative estimate of drug-likeness (QED) is 0.423. The maximum Gasteiger partial charge on any atom is 0.337 e. The SMILES string of the molecule is C#CCCC(=O)N1CCn2cc(C(=O)NCc3cccc(C(=O)OC)c3)nc2C1c1ccccc1. The normalized spacial score (nSPS) is 14.5. The summed E-state index contributed by atoms with van der Waals surface area (Å²) >= 11 is 0. The van der Waals surface area contributed by atoms with Gasteiger partial charge in [0.15, 0.2) is 0 Å². The molecule has 2 aromatic carbocycles. The van der Waals surface area contributed by atoms with Crippen LogP contribution in [0.2, 0.25) is 0 Å². The average Bonchev–Trinajstić information content (AvgIpc) is 3.34. The standard InChI is InChI=1S/C27H26N4O4/c1-3-4-13-23(32)31-15-14-30-18-22(29-25(30)24(31)20-10-6-5-7-11-20)26(33)28-17-19-9-8-12-21(16-19)27(34)35-2/h1,5-12,16,18,24H,4,13-15,17H2,2H3,(H,28,33). The number of esters is 1. The van der Waals surface area contributed by atoms with Crippen molar-refractivity contribution < 1.29 is 19.1 Å². The number of terminal acetylenes is 1. The molecule has 1 unspecified atom stereocenters. The third-order valence-electron chi connectivity index (χ3n) is 5.90. The number of carbonyl (C=O) groups excluding carboxylic acids is 3.